The van der Waals surface area contributed by atoms with Crippen LogP contribution >= 0.6 is 38.9 Å². The van der Waals surface area contributed by atoms with Crippen LogP contribution in [0, 0.1) is 0 Å². The van der Waals surface area contributed by atoms with E-state index in [4.69, 9.17) is 11.6 Å². The van der Waals surface area contributed by atoms with E-state index in [1.165, 1.54) is 15.6 Å². The van der Waals surface area contributed by atoms with Crippen LogP contribution in [0.5, 0.6) is 0 Å². The Labute approximate surface area is 142 Å². The van der Waals surface area contributed by atoms with Gasteiger partial charge in [0.05, 0.1) is 6.04 Å². The van der Waals surface area contributed by atoms with E-state index in [0.717, 1.165) is 21.6 Å². The zero-order valence-corrected chi connectivity index (χ0v) is 14.7. The molecule has 0 aliphatic carbocycles. The molecule has 1 N–H and O–H groups in total. The molecule has 2 aromatic carbocycles. The summed E-state index contributed by atoms with van der Waals surface area (Å²) < 4.78 is 2.32. The highest BCUT2D eigenvalue weighted by Crippen LogP contribution is 2.35. The molecule has 1 unspecified atom stereocenters. The molecular weight excluding hydrogens is 366 g/mol. The van der Waals surface area contributed by atoms with Crippen molar-refractivity contribution in [1.29, 1.82) is 0 Å². The zero-order valence-electron chi connectivity index (χ0n) is 11.6. The van der Waals surface area contributed by atoms with E-state index < -0.39 is 0 Å². The highest BCUT2D eigenvalue weighted by Gasteiger charge is 2.19. The van der Waals surface area contributed by atoms with Gasteiger partial charge in [0.15, 0.2) is 0 Å². The number of fused-ring (bicyclic) bond motifs is 1. The van der Waals surface area contributed by atoms with Crippen LogP contribution in [0.2, 0.25) is 5.02 Å². The van der Waals surface area contributed by atoms with Crippen molar-refractivity contribution in [3.63, 3.8) is 0 Å². The van der Waals surface area contributed by atoms with Crippen LogP contribution in [0.1, 0.15) is 24.1 Å². The summed E-state index contributed by atoms with van der Waals surface area (Å²) in [7, 11) is 0. The minimum Gasteiger partial charge on any atom is -0.306 e. The molecule has 0 radical (unpaired) electrons. The second-order valence-electron chi connectivity index (χ2n) is 4.84. The highest BCUT2D eigenvalue weighted by atomic mass is 79.9. The minimum atomic E-state index is 0.109. The normalized spacial score (nSPS) is 12.7. The average Bonchev–Trinajstić information content (AvgIpc) is 2.94. The van der Waals surface area contributed by atoms with E-state index in [2.05, 4.69) is 63.9 Å². The monoisotopic (exact) mass is 379 g/mol. The maximum atomic E-state index is 6.47. The van der Waals surface area contributed by atoms with E-state index >= 15 is 0 Å². The molecule has 108 valence electrons. The van der Waals surface area contributed by atoms with Crippen molar-refractivity contribution in [1.82, 2.24) is 5.32 Å². The minimum absolute atomic E-state index is 0.109. The third kappa shape index (κ3) is 3.02. The molecule has 0 spiro atoms. The smallest absolute Gasteiger partial charge is 0.0605 e. The first-order chi connectivity index (χ1) is 10.2. The summed E-state index contributed by atoms with van der Waals surface area (Å²) in [4.78, 5) is 0. The van der Waals surface area contributed by atoms with Gasteiger partial charge in [-0.05, 0) is 46.6 Å². The van der Waals surface area contributed by atoms with Crippen LogP contribution in [-0.4, -0.2) is 6.54 Å². The predicted molar refractivity (Wildman–Crippen MR) is 96.5 cm³/mol. The van der Waals surface area contributed by atoms with E-state index in [9.17, 15) is 0 Å². The standard InChI is InChI=1S/C17H15BrClNS/c1-2-20-16(13-7-6-12(18)10-15(13)19)14-5-3-4-11-8-9-21-17(11)14/h3-10,16,20H,2H2,1H3. The second kappa shape index (κ2) is 6.49. The molecule has 21 heavy (non-hydrogen) atoms. The number of hydrogen-bond acceptors (Lipinski definition) is 2. The predicted octanol–water partition coefficient (Wildman–Crippen LogP) is 6.02. The van der Waals surface area contributed by atoms with Gasteiger partial charge >= 0.3 is 0 Å². The van der Waals surface area contributed by atoms with Crippen LogP contribution in [0.4, 0.5) is 0 Å². The lowest BCUT2D eigenvalue weighted by Gasteiger charge is -2.21. The fourth-order valence-electron chi connectivity index (χ4n) is 2.57. The Kier molecular flexibility index (Phi) is 4.65. The van der Waals surface area contributed by atoms with Crippen molar-refractivity contribution in [2.45, 2.75) is 13.0 Å². The molecule has 1 heterocycles. The molecule has 0 saturated heterocycles. The Morgan fingerprint density at radius 3 is 2.81 bits per heavy atom. The fourth-order valence-corrected chi connectivity index (χ4v) is 4.30. The molecule has 1 aromatic heterocycles. The molecule has 0 bridgehead atoms. The largest absolute Gasteiger partial charge is 0.306 e. The average molecular weight is 381 g/mol. The van der Waals surface area contributed by atoms with Gasteiger partial charge in [0, 0.05) is 14.2 Å². The maximum Gasteiger partial charge on any atom is 0.0605 e. The van der Waals surface area contributed by atoms with E-state index in [1.54, 1.807) is 11.3 Å². The first kappa shape index (κ1) is 15.0. The molecule has 1 atom stereocenters. The number of hydrogen-bond donors (Lipinski definition) is 1. The third-order valence-corrected chi connectivity index (χ3v) is 5.30. The summed E-state index contributed by atoms with van der Waals surface area (Å²) in [6, 6.07) is 14.8. The first-order valence-corrected chi connectivity index (χ1v) is 8.90. The van der Waals surface area contributed by atoms with Gasteiger partial charge in [0.1, 0.15) is 0 Å². The summed E-state index contributed by atoms with van der Waals surface area (Å²) in [5.41, 5.74) is 2.40. The van der Waals surface area contributed by atoms with Crippen molar-refractivity contribution >= 4 is 49.0 Å². The van der Waals surface area contributed by atoms with Gasteiger partial charge < -0.3 is 5.32 Å². The maximum absolute atomic E-state index is 6.47. The molecule has 0 aliphatic rings. The quantitative estimate of drug-likeness (QED) is 0.584. The summed E-state index contributed by atoms with van der Waals surface area (Å²) >= 11 is 11.7. The van der Waals surface area contributed by atoms with Crippen molar-refractivity contribution < 1.29 is 0 Å². The molecule has 3 aromatic rings. The number of halogens is 2. The van der Waals surface area contributed by atoms with Crippen LogP contribution in [0.25, 0.3) is 10.1 Å². The van der Waals surface area contributed by atoms with Crippen molar-refractivity contribution in [2.75, 3.05) is 6.54 Å². The number of rotatable bonds is 4. The lowest BCUT2D eigenvalue weighted by molar-refractivity contribution is 0.635. The lowest BCUT2D eigenvalue weighted by atomic mass is 9.97. The topological polar surface area (TPSA) is 12.0 Å². The second-order valence-corrected chi connectivity index (χ2v) is 7.08. The Balaban J connectivity index is 2.15. The summed E-state index contributed by atoms with van der Waals surface area (Å²) in [5.74, 6) is 0. The number of thiophene rings is 1. The molecule has 4 heteroatoms. The molecule has 0 fully saturated rings. The van der Waals surface area contributed by atoms with Gasteiger partial charge in [-0.2, -0.15) is 0 Å². The number of benzene rings is 2. The van der Waals surface area contributed by atoms with Gasteiger partial charge in [-0.25, -0.2) is 0 Å². The van der Waals surface area contributed by atoms with Gasteiger partial charge in [0.2, 0.25) is 0 Å². The fraction of sp³-hybridized carbons (Fsp3) is 0.176. The van der Waals surface area contributed by atoms with Crippen LogP contribution in [0.15, 0.2) is 52.3 Å². The molecule has 3 rings (SSSR count). The van der Waals surface area contributed by atoms with Crippen LogP contribution < -0.4 is 5.32 Å². The summed E-state index contributed by atoms with van der Waals surface area (Å²) in [6.45, 7) is 3.01. The van der Waals surface area contributed by atoms with Gasteiger partial charge in [-0.15, -0.1) is 11.3 Å². The Hall–Kier alpha value is -0.870. The van der Waals surface area contributed by atoms with E-state index in [0.29, 0.717) is 0 Å². The van der Waals surface area contributed by atoms with Crippen LogP contribution in [0.3, 0.4) is 0 Å². The molecule has 0 aliphatic heterocycles. The van der Waals surface area contributed by atoms with E-state index in [-0.39, 0.29) is 6.04 Å². The SMILES string of the molecule is CCNC(c1ccc(Br)cc1Cl)c1cccc2ccsc12. The van der Waals surface area contributed by atoms with Gasteiger partial charge in [-0.1, -0.05) is 58.7 Å². The number of nitrogens with one attached hydrogen (secondary N) is 1. The van der Waals surface area contributed by atoms with Gasteiger partial charge in [0.25, 0.3) is 0 Å². The third-order valence-electron chi connectivity index (χ3n) is 3.50. The van der Waals surface area contributed by atoms with Gasteiger partial charge in [-0.3, -0.25) is 0 Å². The molecular formula is C17H15BrClNS. The summed E-state index contributed by atoms with van der Waals surface area (Å²) in [5, 5.41) is 7.77. The van der Waals surface area contributed by atoms with Crippen LogP contribution in [-0.2, 0) is 0 Å². The highest BCUT2D eigenvalue weighted by molar-refractivity contribution is 9.10. The van der Waals surface area contributed by atoms with Crippen molar-refractivity contribution in [2.24, 2.45) is 0 Å². The first-order valence-electron chi connectivity index (χ1n) is 6.85. The molecule has 0 amide bonds. The zero-order chi connectivity index (χ0) is 14.8. The van der Waals surface area contributed by atoms with Crippen molar-refractivity contribution in [3.8, 4) is 0 Å². The Morgan fingerprint density at radius 1 is 1.19 bits per heavy atom. The van der Waals surface area contributed by atoms with E-state index in [1.807, 2.05) is 12.1 Å². The molecule has 1 nitrogen and oxygen atoms in total. The van der Waals surface area contributed by atoms with Crippen molar-refractivity contribution in [3.05, 3.63) is 68.5 Å². The lowest BCUT2D eigenvalue weighted by Crippen LogP contribution is -2.22. The Morgan fingerprint density at radius 2 is 2.05 bits per heavy atom. The molecule has 0 saturated carbocycles. The Bertz CT molecular complexity index is 768. The summed E-state index contributed by atoms with van der Waals surface area (Å²) in [6.07, 6.45) is 0.